The average molecular weight is 464 g/mol. The van der Waals surface area contributed by atoms with Crippen LogP contribution in [0.1, 0.15) is 61.9 Å². The number of piperidine rings is 2. The molecule has 4 heterocycles. The lowest BCUT2D eigenvalue weighted by Gasteiger charge is -2.36. The number of urea groups is 1. The highest BCUT2D eigenvalue weighted by atomic mass is 16.2. The molecule has 3 amide bonds. The van der Waals surface area contributed by atoms with E-state index in [1.54, 1.807) is 9.47 Å². The van der Waals surface area contributed by atoms with Gasteiger partial charge in [0.05, 0.1) is 17.1 Å². The molecule has 0 aliphatic carbocycles. The molecule has 5 rings (SSSR count). The van der Waals surface area contributed by atoms with Gasteiger partial charge < -0.3 is 19.7 Å². The number of nitrogens with one attached hydrogen (secondary N) is 1. The van der Waals surface area contributed by atoms with Gasteiger partial charge in [-0.1, -0.05) is 25.0 Å². The van der Waals surface area contributed by atoms with Gasteiger partial charge in [-0.05, 0) is 82.3 Å². The minimum atomic E-state index is -0.185. The van der Waals surface area contributed by atoms with Crippen LogP contribution in [-0.2, 0) is 7.05 Å². The fourth-order valence-electron chi connectivity index (χ4n) is 5.83. The molecule has 0 bridgehead atoms. The number of para-hydroxylation sites is 2. The van der Waals surface area contributed by atoms with Gasteiger partial charge >= 0.3 is 6.03 Å². The van der Waals surface area contributed by atoms with Crippen LogP contribution in [0.15, 0.2) is 36.5 Å². The topological polar surface area (TPSA) is 60.8 Å². The summed E-state index contributed by atoms with van der Waals surface area (Å²) in [6, 6.07) is 9.42. The lowest BCUT2D eigenvalue weighted by Crippen LogP contribution is -2.46. The van der Waals surface area contributed by atoms with Gasteiger partial charge in [0, 0.05) is 26.3 Å². The third kappa shape index (κ3) is 4.71. The smallest absolute Gasteiger partial charge is 0.329 e. The van der Waals surface area contributed by atoms with Crippen LogP contribution in [0, 0.1) is 5.92 Å². The Morgan fingerprint density at radius 1 is 1.00 bits per heavy atom. The molecule has 7 heteroatoms. The summed E-state index contributed by atoms with van der Waals surface area (Å²) in [5, 5.41) is 2.99. The van der Waals surface area contributed by atoms with Crippen LogP contribution < -0.4 is 10.2 Å². The lowest BCUT2D eigenvalue weighted by atomic mass is 9.92. The van der Waals surface area contributed by atoms with Crippen molar-refractivity contribution in [3.05, 3.63) is 42.2 Å². The molecule has 34 heavy (non-hydrogen) atoms. The first-order valence-electron chi connectivity index (χ1n) is 13.0. The van der Waals surface area contributed by atoms with E-state index in [-0.39, 0.29) is 11.9 Å². The van der Waals surface area contributed by atoms with Crippen molar-refractivity contribution in [2.24, 2.45) is 13.0 Å². The Bertz CT molecular complexity index is 1030. The number of nitrogens with zero attached hydrogens (tertiary/aromatic N) is 4. The number of carbonyl (C=O) groups is 2. The monoisotopic (exact) mass is 463 g/mol. The fourth-order valence-corrected chi connectivity index (χ4v) is 5.83. The van der Waals surface area contributed by atoms with Crippen molar-refractivity contribution in [2.75, 3.05) is 42.9 Å². The number of hydrogen-bond donors (Lipinski definition) is 1. The summed E-state index contributed by atoms with van der Waals surface area (Å²) in [4.78, 5) is 33.2. The Kier molecular flexibility index (Phi) is 6.90. The Hall–Kier alpha value is -2.80. The molecule has 1 aromatic carbocycles. The van der Waals surface area contributed by atoms with Crippen LogP contribution in [0.25, 0.3) is 0 Å². The number of benzene rings is 1. The summed E-state index contributed by atoms with van der Waals surface area (Å²) in [5.41, 5.74) is 2.56. The summed E-state index contributed by atoms with van der Waals surface area (Å²) < 4.78 is 1.79. The minimum Gasteiger partial charge on any atom is -0.345 e. The first kappa shape index (κ1) is 23.0. The van der Waals surface area contributed by atoms with E-state index in [1.165, 1.54) is 64.6 Å². The molecule has 0 spiro atoms. The van der Waals surface area contributed by atoms with E-state index < -0.39 is 0 Å². The quantitative estimate of drug-likeness (QED) is 0.619. The molecule has 2 saturated heterocycles. The van der Waals surface area contributed by atoms with E-state index in [1.807, 2.05) is 48.5 Å². The number of carbonyl (C=O) groups excluding carboxylic acids is 2. The number of aromatic nitrogens is 1. The zero-order valence-electron chi connectivity index (χ0n) is 20.3. The van der Waals surface area contributed by atoms with Crippen LogP contribution >= 0.6 is 0 Å². The summed E-state index contributed by atoms with van der Waals surface area (Å²) >= 11 is 0. The SMILES string of the molecule is Cn1ccc2c1C(=O)Nc1ccccc1N2C(=O)N1CCCC(CCCCN2CCCCC2)C1. The van der Waals surface area contributed by atoms with Crippen molar-refractivity contribution >= 4 is 29.0 Å². The summed E-state index contributed by atoms with van der Waals surface area (Å²) in [6.45, 7) is 5.32. The third-order valence-corrected chi connectivity index (χ3v) is 7.67. The largest absolute Gasteiger partial charge is 0.345 e. The van der Waals surface area contributed by atoms with E-state index in [0.717, 1.165) is 25.2 Å². The predicted octanol–water partition coefficient (Wildman–Crippen LogP) is 5.22. The van der Waals surface area contributed by atoms with Crippen molar-refractivity contribution in [3.8, 4) is 0 Å². The van der Waals surface area contributed by atoms with E-state index in [0.29, 0.717) is 23.0 Å². The molecule has 7 nitrogen and oxygen atoms in total. The highest BCUT2D eigenvalue weighted by Crippen LogP contribution is 2.39. The first-order chi connectivity index (χ1) is 16.6. The molecule has 3 aliphatic heterocycles. The molecule has 0 radical (unpaired) electrons. The second-order valence-corrected chi connectivity index (χ2v) is 10.1. The number of likely N-dealkylation sites (tertiary alicyclic amines) is 2. The number of unbranched alkanes of at least 4 members (excludes halogenated alkanes) is 1. The average Bonchev–Trinajstić information content (AvgIpc) is 3.18. The number of aryl methyl sites for hydroxylation is 1. The van der Waals surface area contributed by atoms with E-state index >= 15 is 0 Å². The van der Waals surface area contributed by atoms with Gasteiger partial charge in [-0.2, -0.15) is 0 Å². The lowest BCUT2D eigenvalue weighted by molar-refractivity contribution is 0.102. The van der Waals surface area contributed by atoms with Gasteiger partial charge in [-0.15, -0.1) is 0 Å². The molecule has 1 unspecified atom stereocenters. The van der Waals surface area contributed by atoms with Crippen LogP contribution in [-0.4, -0.2) is 59.0 Å². The molecule has 3 aliphatic rings. The Morgan fingerprint density at radius 3 is 2.68 bits per heavy atom. The molecule has 1 aromatic heterocycles. The predicted molar refractivity (Wildman–Crippen MR) is 136 cm³/mol. The molecule has 1 atom stereocenters. The van der Waals surface area contributed by atoms with Gasteiger partial charge in [0.2, 0.25) is 0 Å². The maximum absolute atomic E-state index is 13.9. The number of amides is 3. The van der Waals surface area contributed by atoms with Gasteiger partial charge in [-0.3, -0.25) is 9.69 Å². The zero-order valence-corrected chi connectivity index (χ0v) is 20.3. The normalized spacial score (nSPS) is 21.0. The van der Waals surface area contributed by atoms with Crippen molar-refractivity contribution in [1.82, 2.24) is 14.4 Å². The van der Waals surface area contributed by atoms with Crippen LogP contribution in [0.4, 0.5) is 21.9 Å². The standard InChI is InChI=1S/C27H37N5O2/c1-29-19-14-24-25(29)26(33)28-22-12-3-4-13-23(22)32(24)27(34)31-18-9-11-21(20-31)10-5-8-17-30-15-6-2-7-16-30/h3-4,12-14,19,21H,2,5-11,15-18,20H2,1H3,(H,28,33). The van der Waals surface area contributed by atoms with Crippen molar-refractivity contribution in [1.29, 1.82) is 0 Å². The maximum Gasteiger partial charge on any atom is 0.329 e. The number of anilines is 3. The Balaban J connectivity index is 1.27. The van der Waals surface area contributed by atoms with E-state index in [4.69, 9.17) is 0 Å². The zero-order chi connectivity index (χ0) is 23.5. The maximum atomic E-state index is 13.9. The highest BCUT2D eigenvalue weighted by Gasteiger charge is 2.35. The summed E-state index contributed by atoms with van der Waals surface area (Å²) in [7, 11) is 1.85. The van der Waals surface area contributed by atoms with Gasteiger partial charge in [0.1, 0.15) is 5.69 Å². The van der Waals surface area contributed by atoms with E-state index in [2.05, 4.69) is 10.2 Å². The van der Waals surface area contributed by atoms with Gasteiger partial charge in [-0.25, -0.2) is 4.79 Å². The van der Waals surface area contributed by atoms with Gasteiger partial charge in [0.25, 0.3) is 5.91 Å². The van der Waals surface area contributed by atoms with Crippen molar-refractivity contribution in [2.45, 2.75) is 51.4 Å². The summed E-state index contributed by atoms with van der Waals surface area (Å²) in [5.74, 6) is 0.367. The van der Waals surface area contributed by atoms with Crippen molar-refractivity contribution < 1.29 is 9.59 Å². The fraction of sp³-hybridized carbons (Fsp3) is 0.556. The molecular weight excluding hydrogens is 426 g/mol. The van der Waals surface area contributed by atoms with Crippen LogP contribution in [0.5, 0.6) is 0 Å². The van der Waals surface area contributed by atoms with E-state index in [9.17, 15) is 9.59 Å². The Morgan fingerprint density at radius 2 is 1.82 bits per heavy atom. The number of fused-ring (bicyclic) bond motifs is 2. The minimum absolute atomic E-state index is 0.0329. The first-order valence-corrected chi connectivity index (χ1v) is 13.0. The molecule has 1 N–H and O–H groups in total. The molecule has 182 valence electrons. The molecule has 0 saturated carbocycles. The highest BCUT2D eigenvalue weighted by molar-refractivity contribution is 6.16. The second kappa shape index (κ2) is 10.2. The van der Waals surface area contributed by atoms with Crippen LogP contribution in [0.3, 0.4) is 0 Å². The molecule has 2 fully saturated rings. The van der Waals surface area contributed by atoms with Crippen molar-refractivity contribution in [3.63, 3.8) is 0 Å². The molecular formula is C27H37N5O2. The Labute approximate surface area is 202 Å². The molecule has 2 aromatic rings. The second-order valence-electron chi connectivity index (χ2n) is 10.1. The summed E-state index contributed by atoms with van der Waals surface area (Å²) in [6.07, 6.45) is 11.8. The van der Waals surface area contributed by atoms with Crippen LogP contribution in [0.2, 0.25) is 0 Å². The third-order valence-electron chi connectivity index (χ3n) is 7.67. The number of hydrogen-bond acceptors (Lipinski definition) is 3. The van der Waals surface area contributed by atoms with Gasteiger partial charge in [0.15, 0.2) is 0 Å². The number of rotatable bonds is 5.